The van der Waals surface area contributed by atoms with Crippen molar-refractivity contribution in [3.63, 3.8) is 0 Å². The number of thioether (sulfide) groups is 1. The molecule has 0 saturated heterocycles. The van der Waals surface area contributed by atoms with Gasteiger partial charge in [0.2, 0.25) is 0 Å². The summed E-state index contributed by atoms with van der Waals surface area (Å²) in [4.78, 5) is 0. The van der Waals surface area contributed by atoms with E-state index in [2.05, 4.69) is 5.32 Å². The molecule has 0 spiro atoms. The number of aliphatic hydroxyl groups excluding tert-OH is 1. The van der Waals surface area contributed by atoms with Gasteiger partial charge in [0.25, 0.3) is 0 Å². The Morgan fingerprint density at radius 2 is 1.90 bits per heavy atom. The van der Waals surface area contributed by atoms with Crippen LogP contribution in [0.5, 0.6) is 11.5 Å². The maximum Gasteiger partial charge on any atom is 0.119 e. The quantitative estimate of drug-likeness (QED) is 0.601. The molecule has 0 amide bonds. The molecule has 6 heteroatoms. The summed E-state index contributed by atoms with van der Waals surface area (Å²) < 4.78 is 10.5. The molecule has 0 fully saturated rings. The van der Waals surface area contributed by atoms with Crippen molar-refractivity contribution in [1.82, 2.24) is 5.32 Å². The number of nitrogens with one attached hydrogen (secondary N) is 1. The van der Waals surface area contributed by atoms with Gasteiger partial charge in [-0.15, -0.1) is 0 Å². The number of benzene rings is 1. The monoisotopic (exact) mass is 315 g/mol. The van der Waals surface area contributed by atoms with Crippen molar-refractivity contribution in [1.29, 1.82) is 0 Å². The van der Waals surface area contributed by atoms with E-state index >= 15 is 0 Å². The van der Waals surface area contributed by atoms with Gasteiger partial charge in [-0.25, -0.2) is 0 Å². The molecule has 1 aromatic rings. The molecular formula is C15H25NO4S. The van der Waals surface area contributed by atoms with Crippen LogP contribution in [0.15, 0.2) is 24.3 Å². The van der Waals surface area contributed by atoms with E-state index < -0.39 is 11.7 Å². The second-order valence-corrected chi connectivity index (χ2v) is 6.07. The summed E-state index contributed by atoms with van der Waals surface area (Å²) in [6.45, 7) is 2.79. The summed E-state index contributed by atoms with van der Waals surface area (Å²) in [5, 5.41) is 22.9. The largest absolute Gasteiger partial charge is 0.497 e. The molecular weight excluding hydrogens is 290 g/mol. The first-order valence-corrected chi connectivity index (χ1v) is 8.23. The van der Waals surface area contributed by atoms with E-state index in [9.17, 15) is 10.2 Å². The van der Waals surface area contributed by atoms with Crippen molar-refractivity contribution < 1.29 is 19.7 Å². The molecule has 0 radical (unpaired) electrons. The number of hydrogen-bond donors (Lipinski definition) is 3. The van der Waals surface area contributed by atoms with Crippen LogP contribution in [0.25, 0.3) is 0 Å². The van der Waals surface area contributed by atoms with Crippen LogP contribution in [0.2, 0.25) is 0 Å². The average Bonchev–Trinajstić information content (AvgIpc) is 2.45. The van der Waals surface area contributed by atoms with Crippen LogP contribution in [-0.4, -0.2) is 60.7 Å². The molecule has 0 aromatic heterocycles. The van der Waals surface area contributed by atoms with Crippen LogP contribution < -0.4 is 14.8 Å². The summed E-state index contributed by atoms with van der Waals surface area (Å²) in [5.41, 5.74) is -0.768. The first-order valence-electron chi connectivity index (χ1n) is 6.84. The zero-order valence-corrected chi connectivity index (χ0v) is 13.7. The van der Waals surface area contributed by atoms with Crippen LogP contribution in [0.4, 0.5) is 0 Å². The second-order valence-electron chi connectivity index (χ2n) is 5.20. The first kappa shape index (κ1) is 18.1. The number of rotatable bonds is 10. The van der Waals surface area contributed by atoms with Crippen molar-refractivity contribution in [2.75, 3.05) is 38.8 Å². The van der Waals surface area contributed by atoms with Gasteiger partial charge in [-0.3, -0.25) is 0 Å². The molecule has 2 atom stereocenters. The van der Waals surface area contributed by atoms with E-state index in [1.165, 1.54) is 0 Å². The lowest BCUT2D eigenvalue weighted by atomic mass is 10.1. The third-order valence-electron chi connectivity index (χ3n) is 2.84. The highest BCUT2D eigenvalue weighted by atomic mass is 32.2. The van der Waals surface area contributed by atoms with Gasteiger partial charge in [0.15, 0.2) is 0 Å². The van der Waals surface area contributed by atoms with Crippen LogP contribution >= 0.6 is 11.8 Å². The van der Waals surface area contributed by atoms with Crippen molar-refractivity contribution in [2.45, 2.75) is 18.6 Å². The van der Waals surface area contributed by atoms with E-state index in [0.717, 1.165) is 5.75 Å². The molecule has 0 heterocycles. The van der Waals surface area contributed by atoms with Gasteiger partial charge in [0.1, 0.15) is 24.2 Å². The molecule has 1 rings (SSSR count). The Kier molecular flexibility index (Phi) is 7.88. The molecule has 3 N–H and O–H groups in total. The van der Waals surface area contributed by atoms with Crippen LogP contribution in [-0.2, 0) is 0 Å². The van der Waals surface area contributed by atoms with Gasteiger partial charge >= 0.3 is 0 Å². The Bertz CT molecular complexity index is 397. The standard InChI is InChI=1S/C15H25NO4S/c1-15(18,11-21-3)10-16-8-12(17)9-20-14-6-4-13(19-2)5-7-14/h4-7,12,16-18H,8-11H2,1-3H3. The van der Waals surface area contributed by atoms with Crippen molar-refractivity contribution in [3.05, 3.63) is 24.3 Å². The van der Waals surface area contributed by atoms with Gasteiger partial charge in [-0.2, -0.15) is 11.8 Å². The lowest BCUT2D eigenvalue weighted by Crippen LogP contribution is -2.43. The zero-order valence-electron chi connectivity index (χ0n) is 12.8. The fourth-order valence-electron chi connectivity index (χ4n) is 1.79. The Morgan fingerprint density at radius 3 is 2.48 bits per heavy atom. The molecule has 5 nitrogen and oxygen atoms in total. The molecule has 0 aliphatic heterocycles. The highest BCUT2D eigenvalue weighted by Gasteiger charge is 2.19. The molecule has 2 unspecified atom stereocenters. The van der Waals surface area contributed by atoms with Gasteiger partial charge < -0.3 is 25.0 Å². The minimum Gasteiger partial charge on any atom is -0.497 e. The SMILES string of the molecule is COc1ccc(OCC(O)CNCC(C)(O)CSC)cc1. The van der Waals surface area contributed by atoms with E-state index in [1.807, 2.05) is 6.26 Å². The van der Waals surface area contributed by atoms with E-state index in [0.29, 0.717) is 24.6 Å². The lowest BCUT2D eigenvalue weighted by Gasteiger charge is -2.23. The predicted octanol–water partition coefficient (Wildman–Crippen LogP) is 1.14. The van der Waals surface area contributed by atoms with E-state index in [1.54, 1.807) is 50.1 Å². The summed E-state index contributed by atoms with van der Waals surface area (Å²) >= 11 is 1.59. The van der Waals surface area contributed by atoms with E-state index in [4.69, 9.17) is 9.47 Å². The fraction of sp³-hybridized carbons (Fsp3) is 0.600. The van der Waals surface area contributed by atoms with Crippen LogP contribution in [0.1, 0.15) is 6.92 Å². The molecule has 0 aliphatic carbocycles. The topological polar surface area (TPSA) is 71.0 Å². The van der Waals surface area contributed by atoms with Crippen molar-refractivity contribution in [3.8, 4) is 11.5 Å². The van der Waals surface area contributed by atoms with Crippen molar-refractivity contribution >= 4 is 11.8 Å². The van der Waals surface area contributed by atoms with Crippen LogP contribution in [0, 0.1) is 0 Å². The fourth-order valence-corrected chi connectivity index (χ4v) is 2.52. The molecule has 21 heavy (non-hydrogen) atoms. The first-order chi connectivity index (χ1) is 9.96. The summed E-state index contributed by atoms with van der Waals surface area (Å²) in [5.74, 6) is 2.10. The number of aliphatic hydroxyl groups is 2. The summed E-state index contributed by atoms with van der Waals surface area (Å²) in [6.07, 6.45) is 1.32. The van der Waals surface area contributed by atoms with E-state index in [-0.39, 0.29) is 6.61 Å². The molecule has 0 saturated carbocycles. The summed E-state index contributed by atoms with van der Waals surface area (Å²) in [7, 11) is 1.61. The molecule has 0 bridgehead atoms. The number of ether oxygens (including phenoxy) is 2. The normalized spacial score (nSPS) is 15.3. The Hall–Kier alpha value is -0.950. The smallest absolute Gasteiger partial charge is 0.119 e. The molecule has 120 valence electrons. The highest BCUT2D eigenvalue weighted by molar-refractivity contribution is 7.98. The maximum absolute atomic E-state index is 9.98. The number of methoxy groups -OCH3 is 1. The molecule has 0 aliphatic rings. The predicted molar refractivity (Wildman–Crippen MR) is 86.4 cm³/mol. The van der Waals surface area contributed by atoms with Gasteiger partial charge in [0.05, 0.1) is 12.7 Å². The second kappa shape index (κ2) is 9.15. The lowest BCUT2D eigenvalue weighted by molar-refractivity contribution is 0.0701. The van der Waals surface area contributed by atoms with Gasteiger partial charge in [-0.05, 0) is 37.4 Å². The highest BCUT2D eigenvalue weighted by Crippen LogP contribution is 2.17. The third-order valence-corrected chi connectivity index (χ3v) is 3.75. The number of hydrogen-bond acceptors (Lipinski definition) is 6. The Labute approximate surface area is 130 Å². The zero-order chi connectivity index (χ0) is 15.7. The Balaban J connectivity index is 2.22. The summed E-state index contributed by atoms with van der Waals surface area (Å²) in [6, 6.07) is 7.20. The van der Waals surface area contributed by atoms with Gasteiger partial charge in [0, 0.05) is 18.8 Å². The minimum atomic E-state index is -0.768. The van der Waals surface area contributed by atoms with Gasteiger partial charge in [-0.1, -0.05) is 0 Å². The van der Waals surface area contributed by atoms with Crippen molar-refractivity contribution in [2.24, 2.45) is 0 Å². The minimum absolute atomic E-state index is 0.198. The van der Waals surface area contributed by atoms with Crippen LogP contribution in [0.3, 0.4) is 0 Å². The maximum atomic E-state index is 9.98. The average molecular weight is 315 g/mol. The Morgan fingerprint density at radius 1 is 1.29 bits per heavy atom. The molecule has 1 aromatic carbocycles. The third kappa shape index (κ3) is 7.57.